The maximum Gasteiger partial charge on any atom is 0.325 e. The van der Waals surface area contributed by atoms with Crippen molar-refractivity contribution in [3.8, 4) is 0 Å². The zero-order valence-corrected chi connectivity index (χ0v) is 17.9. The first-order valence-corrected chi connectivity index (χ1v) is 9.99. The fraction of sp³-hybridized carbons (Fsp3) is 0.0909. The summed E-state index contributed by atoms with van der Waals surface area (Å²) in [4.78, 5) is 38.8. The molecule has 1 saturated heterocycles. The van der Waals surface area contributed by atoms with Crippen LogP contribution in [0.25, 0.3) is 17.0 Å². The molecule has 9 heteroatoms. The smallest absolute Gasteiger partial charge is 0.325 e. The molecule has 0 atom stereocenters. The molecule has 2 amide bonds. The van der Waals surface area contributed by atoms with Crippen LogP contribution >= 0.6 is 23.8 Å². The predicted octanol–water partition coefficient (Wildman–Crippen LogP) is 3.30. The molecule has 1 aromatic heterocycles. The second-order valence-corrected chi connectivity index (χ2v) is 7.56. The van der Waals surface area contributed by atoms with Crippen LogP contribution in [0, 0.1) is 0 Å². The number of anilines is 1. The largest absolute Gasteiger partial charge is 0.468 e. The van der Waals surface area contributed by atoms with Gasteiger partial charge in [0.2, 0.25) is 0 Å². The van der Waals surface area contributed by atoms with E-state index in [1.807, 2.05) is 24.3 Å². The summed E-state index contributed by atoms with van der Waals surface area (Å²) >= 11 is 11.1. The van der Waals surface area contributed by atoms with E-state index in [9.17, 15) is 14.4 Å². The van der Waals surface area contributed by atoms with Crippen molar-refractivity contribution < 1.29 is 19.1 Å². The molecule has 0 aliphatic carbocycles. The number of thiocarbonyl (C=S) groups is 1. The summed E-state index contributed by atoms with van der Waals surface area (Å²) in [5.74, 6) is -1.56. The average Bonchev–Trinajstić information content (AvgIpc) is 3.09. The highest BCUT2D eigenvalue weighted by atomic mass is 35.5. The molecular weight excluding hydrogens is 438 g/mol. The Morgan fingerprint density at radius 2 is 1.87 bits per heavy atom. The molecule has 2 aromatic carbocycles. The second kappa shape index (κ2) is 8.33. The maximum absolute atomic E-state index is 13.2. The van der Waals surface area contributed by atoms with Gasteiger partial charge < -0.3 is 9.30 Å². The molecule has 31 heavy (non-hydrogen) atoms. The Kier molecular flexibility index (Phi) is 5.58. The highest BCUT2D eigenvalue weighted by molar-refractivity contribution is 7.80. The Morgan fingerprint density at radius 1 is 1.16 bits per heavy atom. The van der Waals surface area contributed by atoms with E-state index < -0.39 is 17.8 Å². The lowest BCUT2D eigenvalue weighted by Crippen LogP contribution is -2.54. The third-order valence-electron chi connectivity index (χ3n) is 4.83. The zero-order chi connectivity index (χ0) is 22.1. The number of hydrogen-bond acceptors (Lipinski definition) is 5. The van der Waals surface area contributed by atoms with Crippen LogP contribution in [0.4, 0.5) is 5.69 Å². The minimum absolute atomic E-state index is 0.00130. The molecule has 1 fully saturated rings. The number of ether oxygens (including phenoxy) is 1. The van der Waals surface area contributed by atoms with Gasteiger partial charge in [0.1, 0.15) is 12.1 Å². The van der Waals surface area contributed by atoms with Gasteiger partial charge in [-0.2, -0.15) is 0 Å². The Hall–Kier alpha value is -3.49. The third kappa shape index (κ3) is 3.95. The molecule has 1 aliphatic heterocycles. The summed E-state index contributed by atoms with van der Waals surface area (Å²) in [6, 6.07) is 13.9. The van der Waals surface area contributed by atoms with Crippen LogP contribution in [0.5, 0.6) is 0 Å². The minimum atomic E-state index is -0.593. The number of nitrogens with zero attached hydrogens (tertiary/aromatic N) is 2. The highest BCUT2D eigenvalue weighted by Gasteiger charge is 2.34. The summed E-state index contributed by atoms with van der Waals surface area (Å²) in [5, 5.41) is 3.84. The molecule has 4 rings (SSSR count). The van der Waals surface area contributed by atoms with Gasteiger partial charge in [-0.25, -0.2) is 0 Å². The molecule has 7 nitrogen and oxygen atoms in total. The molecule has 0 spiro atoms. The van der Waals surface area contributed by atoms with Crippen molar-refractivity contribution in [3.63, 3.8) is 0 Å². The Balaban J connectivity index is 1.78. The van der Waals surface area contributed by atoms with Gasteiger partial charge in [0.25, 0.3) is 11.8 Å². The number of carbonyl (C=O) groups is 3. The lowest BCUT2D eigenvalue weighted by atomic mass is 10.1. The molecule has 0 saturated carbocycles. The van der Waals surface area contributed by atoms with Gasteiger partial charge >= 0.3 is 5.97 Å². The van der Waals surface area contributed by atoms with Crippen molar-refractivity contribution in [1.82, 2.24) is 9.88 Å². The number of rotatable bonds is 4. The number of amides is 2. The van der Waals surface area contributed by atoms with E-state index in [1.54, 1.807) is 35.0 Å². The van der Waals surface area contributed by atoms with Gasteiger partial charge in [-0.3, -0.25) is 24.6 Å². The first-order valence-electron chi connectivity index (χ1n) is 9.21. The number of benzene rings is 2. The van der Waals surface area contributed by atoms with E-state index in [4.69, 9.17) is 28.6 Å². The van der Waals surface area contributed by atoms with Crippen molar-refractivity contribution in [3.05, 3.63) is 70.9 Å². The van der Waals surface area contributed by atoms with Gasteiger partial charge in [0.05, 0.1) is 12.8 Å². The van der Waals surface area contributed by atoms with Crippen LogP contribution in [0.1, 0.15) is 5.56 Å². The summed E-state index contributed by atoms with van der Waals surface area (Å²) in [6.45, 7) is 0.00130. The third-order valence-corrected chi connectivity index (χ3v) is 5.37. The van der Waals surface area contributed by atoms with E-state index in [-0.39, 0.29) is 17.2 Å². The van der Waals surface area contributed by atoms with Gasteiger partial charge in [-0.1, -0.05) is 29.8 Å². The number of methoxy groups -OCH3 is 1. The summed E-state index contributed by atoms with van der Waals surface area (Å²) in [6.07, 6.45) is 3.20. The standard InChI is InChI=1S/C22H16ClN3O4S/c1-30-19(27)12-25-11-13(16-4-2-3-5-18(16)25)10-17-20(28)24-22(31)26(21(17)29)15-8-6-14(23)7-9-15/h2-11H,12H2,1H3,(H,24,28,31). The number of para-hydroxylation sites is 1. The minimum Gasteiger partial charge on any atom is -0.468 e. The number of carbonyl (C=O) groups excluding carboxylic acids is 3. The van der Waals surface area contributed by atoms with Crippen molar-refractivity contribution in [1.29, 1.82) is 0 Å². The molecule has 0 radical (unpaired) electrons. The molecule has 1 aliphatic rings. The number of fused-ring (bicyclic) bond motifs is 1. The van der Waals surface area contributed by atoms with E-state index >= 15 is 0 Å². The van der Waals surface area contributed by atoms with Crippen LogP contribution in [0.15, 0.2) is 60.3 Å². The number of halogens is 1. The normalized spacial score (nSPS) is 15.5. The fourth-order valence-electron chi connectivity index (χ4n) is 3.36. The van der Waals surface area contributed by atoms with Crippen LogP contribution in [0.2, 0.25) is 5.02 Å². The molecule has 0 unspecified atom stereocenters. The predicted molar refractivity (Wildman–Crippen MR) is 122 cm³/mol. The summed E-state index contributed by atoms with van der Waals surface area (Å²) in [7, 11) is 1.32. The van der Waals surface area contributed by atoms with Crippen molar-refractivity contribution in [2.75, 3.05) is 12.0 Å². The average molecular weight is 454 g/mol. The number of aromatic nitrogens is 1. The lowest BCUT2D eigenvalue weighted by Gasteiger charge is -2.28. The first kappa shape index (κ1) is 20.8. The Bertz CT molecular complexity index is 1260. The molecule has 0 bridgehead atoms. The number of esters is 1. The van der Waals surface area contributed by atoms with Crippen LogP contribution < -0.4 is 10.2 Å². The zero-order valence-electron chi connectivity index (χ0n) is 16.3. The molecular formula is C22H16ClN3O4S. The van der Waals surface area contributed by atoms with E-state index in [0.29, 0.717) is 16.3 Å². The number of hydrogen-bond donors (Lipinski definition) is 1. The molecule has 1 N–H and O–H groups in total. The lowest BCUT2D eigenvalue weighted by molar-refractivity contribution is -0.141. The van der Waals surface area contributed by atoms with E-state index in [2.05, 4.69) is 5.32 Å². The van der Waals surface area contributed by atoms with E-state index in [0.717, 1.165) is 10.9 Å². The van der Waals surface area contributed by atoms with Crippen molar-refractivity contribution in [2.24, 2.45) is 0 Å². The molecule has 2 heterocycles. The quantitative estimate of drug-likeness (QED) is 0.284. The maximum atomic E-state index is 13.2. The monoisotopic (exact) mass is 453 g/mol. The molecule has 156 valence electrons. The van der Waals surface area contributed by atoms with Gasteiger partial charge in [0.15, 0.2) is 5.11 Å². The van der Waals surface area contributed by atoms with E-state index in [1.165, 1.54) is 18.1 Å². The van der Waals surface area contributed by atoms with Crippen LogP contribution in [-0.2, 0) is 25.7 Å². The topological polar surface area (TPSA) is 80.6 Å². The SMILES string of the molecule is COC(=O)Cn1cc(C=C2C(=O)NC(=S)N(c3ccc(Cl)cc3)C2=O)c2ccccc21. The Morgan fingerprint density at radius 3 is 2.58 bits per heavy atom. The van der Waals surface area contributed by atoms with Gasteiger partial charge in [-0.05, 0) is 48.6 Å². The van der Waals surface area contributed by atoms with Crippen molar-refractivity contribution in [2.45, 2.75) is 6.54 Å². The van der Waals surface area contributed by atoms with Crippen molar-refractivity contribution >= 4 is 69.4 Å². The first-order chi connectivity index (χ1) is 14.9. The highest BCUT2D eigenvalue weighted by Crippen LogP contribution is 2.27. The molecule has 3 aromatic rings. The second-order valence-electron chi connectivity index (χ2n) is 6.74. The number of nitrogens with one attached hydrogen (secondary N) is 1. The van der Waals surface area contributed by atoms with Crippen LogP contribution in [0.3, 0.4) is 0 Å². The summed E-state index contributed by atoms with van der Waals surface area (Å²) < 4.78 is 6.46. The van der Waals surface area contributed by atoms with Crippen LogP contribution in [-0.4, -0.2) is 34.6 Å². The summed E-state index contributed by atoms with van der Waals surface area (Å²) in [5.41, 5.74) is 1.79. The van der Waals surface area contributed by atoms with Gasteiger partial charge in [-0.15, -0.1) is 0 Å². The Labute approximate surface area is 187 Å². The van der Waals surface area contributed by atoms with Gasteiger partial charge in [0, 0.05) is 27.7 Å². The fourth-order valence-corrected chi connectivity index (χ4v) is 3.77.